The molecule has 11 rings (SSSR count). The summed E-state index contributed by atoms with van der Waals surface area (Å²) in [6.07, 6.45) is 0. The Morgan fingerprint density at radius 2 is 0.961 bits per heavy atom. The Kier molecular flexibility index (Phi) is 6.36. The van der Waals surface area contributed by atoms with Gasteiger partial charge in [-0.05, 0) is 70.3 Å². The molecule has 0 unspecified atom stereocenters. The molecule has 11 aromatic rings. The summed E-state index contributed by atoms with van der Waals surface area (Å²) in [7, 11) is 0. The number of para-hydroxylation sites is 1. The van der Waals surface area contributed by atoms with Crippen molar-refractivity contribution in [2.24, 2.45) is 0 Å². The first-order valence-electron chi connectivity index (χ1n) is 17.3. The molecule has 0 atom stereocenters. The number of aromatic nitrogens is 1. The van der Waals surface area contributed by atoms with E-state index >= 15 is 0 Å². The second-order valence-corrected chi connectivity index (χ2v) is 15.4. The molecule has 1 nitrogen and oxygen atoms in total. The fraction of sp³-hybridized carbons (Fsp3) is 0. The van der Waals surface area contributed by atoms with Crippen LogP contribution in [0.4, 0.5) is 0 Å². The van der Waals surface area contributed by atoms with Crippen LogP contribution in [0.1, 0.15) is 0 Å². The van der Waals surface area contributed by atoms with Crippen LogP contribution in [0.2, 0.25) is 0 Å². The van der Waals surface area contributed by atoms with Gasteiger partial charge in [0.2, 0.25) is 0 Å². The molecule has 0 aliphatic carbocycles. The fourth-order valence-electron chi connectivity index (χ4n) is 8.01. The summed E-state index contributed by atoms with van der Waals surface area (Å²) in [5, 5.41) is 7.80. The largest absolute Gasteiger partial charge is 0.308 e. The van der Waals surface area contributed by atoms with Crippen LogP contribution >= 0.6 is 22.7 Å². The van der Waals surface area contributed by atoms with Crippen LogP contribution in [0, 0.1) is 0 Å². The molecule has 0 saturated carbocycles. The van der Waals surface area contributed by atoms with Crippen LogP contribution in [0.15, 0.2) is 176 Å². The van der Waals surface area contributed by atoms with Crippen molar-refractivity contribution in [3.63, 3.8) is 0 Å². The minimum Gasteiger partial charge on any atom is -0.308 e. The second-order valence-electron chi connectivity index (χ2n) is 13.3. The first-order chi connectivity index (χ1) is 25.3. The van der Waals surface area contributed by atoms with E-state index < -0.39 is 0 Å². The lowest BCUT2D eigenvalue weighted by Crippen LogP contribution is -1.94. The van der Waals surface area contributed by atoms with Crippen LogP contribution in [-0.2, 0) is 0 Å². The fourth-order valence-corrected chi connectivity index (χ4v) is 10.5. The van der Waals surface area contributed by atoms with E-state index in [-0.39, 0.29) is 0 Å². The molecule has 0 saturated heterocycles. The third-order valence-electron chi connectivity index (χ3n) is 10.4. The SMILES string of the molecule is c1ccc(-c2ccc3c4ccccc4n(-c4cccc5c4sc4c(-c6ccccc6)cc(-c6ccc7c(c6)sc6ccccc67)cc45)c3c2)cc1. The number of hydrogen-bond acceptors (Lipinski definition) is 2. The highest BCUT2D eigenvalue weighted by molar-refractivity contribution is 7.27. The lowest BCUT2D eigenvalue weighted by molar-refractivity contribution is 1.20. The molecule has 51 heavy (non-hydrogen) atoms. The van der Waals surface area contributed by atoms with Gasteiger partial charge in [0.15, 0.2) is 0 Å². The Labute approximate surface area is 302 Å². The van der Waals surface area contributed by atoms with E-state index in [0.717, 1.165) is 0 Å². The van der Waals surface area contributed by atoms with Gasteiger partial charge in [0.1, 0.15) is 0 Å². The van der Waals surface area contributed by atoms with Crippen LogP contribution in [0.25, 0.3) is 101 Å². The van der Waals surface area contributed by atoms with Gasteiger partial charge in [0.25, 0.3) is 0 Å². The predicted octanol–water partition coefficient (Wildman–Crippen LogP) is 14.5. The quantitative estimate of drug-likeness (QED) is 0.174. The maximum Gasteiger partial charge on any atom is 0.0640 e. The summed E-state index contributed by atoms with van der Waals surface area (Å²) in [4.78, 5) is 0. The van der Waals surface area contributed by atoms with Gasteiger partial charge in [-0.25, -0.2) is 0 Å². The first-order valence-corrected chi connectivity index (χ1v) is 19.0. The van der Waals surface area contributed by atoms with Crippen molar-refractivity contribution in [2.45, 2.75) is 0 Å². The van der Waals surface area contributed by atoms with Gasteiger partial charge in [-0.3, -0.25) is 0 Å². The third-order valence-corrected chi connectivity index (χ3v) is 12.8. The van der Waals surface area contributed by atoms with Gasteiger partial charge < -0.3 is 4.57 Å². The van der Waals surface area contributed by atoms with E-state index in [1.807, 2.05) is 22.7 Å². The zero-order valence-electron chi connectivity index (χ0n) is 27.5. The molecule has 0 spiro atoms. The van der Waals surface area contributed by atoms with Crippen LogP contribution in [-0.4, -0.2) is 4.57 Å². The van der Waals surface area contributed by atoms with Crippen molar-refractivity contribution < 1.29 is 0 Å². The Morgan fingerprint density at radius 3 is 1.80 bits per heavy atom. The molecule has 3 heterocycles. The molecule has 3 aromatic heterocycles. The molecule has 0 fully saturated rings. The van der Waals surface area contributed by atoms with E-state index in [4.69, 9.17) is 0 Å². The van der Waals surface area contributed by atoms with Gasteiger partial charge >= 0.3 is 0 Å². The number of hydrogen-bond donors (Lipinski definition) is 0. The van der Waals surface area contributed by atoms with Crippen molar-refractivity contribution in [3.8, 4) is 39.1 Å². The van der Waals surface area contributed by atoms with E-state index in [1.165, 1.54) is 101 Å². The molecular weight excluding hydrogens is 655 g/mol. The number of fused-ring (bicyclic) bond motifs is 9. The zero-order valence-corrected chi connectivity index (χ0v) is 29.1. The monoisotopic (exact) mass is 683 g/mol. The molecule has 0 aliphatic rings. The van der Waals surface area contributed by atoms with Crippen molar-refractivity contribution in [1.29, 1.82) is 0 Å². The minimum atomic E-state index is 1.22. The molecule has 238 valence electrons. The van der Waals surface area contributed by atoms with Gasteiger partial charge in [0.05, 0.1) is 21.4 Å². The van der Waals surface area contributed by atoms with Crippen molar-refractivity contribution in [1.82, 2.24) is 4.57 Å². The summed E-state index contributed by atoms with van der Waals surface area (Å²) in [5.74, 6) is 0. The summed E-state index contributed by atoms with van der Waals surface area (Å²) in [6.45, 7) is 0. The first kappa shape index (κ1) is 28.8. The van der Waals surface area contributed by atoms with Crippen molar-refractivity contribution >= 4 is 84.8 Å². The molecule has 0 N–H and O–H groups in total. The maximum absolute atomic E-state index is 2.49. The number of thiophene rings is 2. The van der Waals surface area contributed by atoms with Gasteiger partial charge in [-0.1, -0.05) is 133 Å². The van der Waals surface area contributed by atoms with Gasteiger partial charge in [0, 0.05) is 52.0 Å². The van der Waals surface area contributed by atoms with Gasteiger partial charge in [-0.15, -0.1) is 22.7 Å². The van der Waals surface area contributed by atoms with Crippen LogP contribution in [0.3, 0.4) is 0 Å². The molecule has 0 amide bonds. The standard InChI is InChI=1S/C48H29NS2/c1-3-12-30(13-4-1)32-22-24-36-35-16-7-9-19-42(35)49(44(36)28-32)43-20-11-18-39-41-27-34(26-40(47(41)51-48(39)43)31-14-5-2-6-15-31)33-23-25-38-37-17-8-10-21-45(37)50-46(38)29-33/h1-29H. The summed E-state index contributed by atoms with van der Waals surface area (Å²) in [5.41, 5.74) is 11.1. The summed E-state index contributed by atoms with van der Waals surface area (Å²) < 4.78 is 7.78. The van der Waals surface area contributed by atoms with Crippen molar-refractivity contribution in [2.75, 3.05) is 0 Å². The smallest absolute Gasteiger partial charge is 0.0640 e. The molecule has 0 aliphatic heterocycles. The van der Waals surface area contributed by atoms with E-state index in [2.05, 4.69) is 180 Å². The Hall–Kier alpha value is -6.00. The highest BCUT2D eigenvalue weighted by atomic mass is 32.1. The summed E-state index contributed by atoms with van der Waals surface area (Å²) >= 11 is 3.80. The van der Waals surface area contributed by atoms with E-state index in [0.29, 0.717) is 0 Å². The molecule has 0 bridgehead atoms. The van der Waals surface area contributed by atoms with Crippen LogP contribution < -0.4 is 0 Å². The Bertz CT molecular complexity index is 3130. The normalized spacial score (nSPS) is 11.9. The average molecular weight is 684 g/mol. The third kappa shape index (κ3) is 4.45. The average Bonchev–Trinajstić information content (AvgIpc) is 3.87. The molecule has 8 aromatic carbocycles. The lowest BCUT2D eigenvalue weighted by Gasteiger charge is -2.10. The highest BCUT2D eigenvalue weighted by Crippen LogP contribution is 2.47. The minimum absolute atomic E-state index is 1.22. The molecule has 0 radical (unpaired) electrons. The van der Waals surface area contributed by atoms with E-state index in [9.17, 15) is 0 Å². The lowest BCUT2D eigenvalue weighted by atomic mass is 9.95. The second kappa shape index (κ2) is 11.3. The van der Waals surface area contributed by atoms with Crippen molar-refractivity contribution in [3.05, 3.63) is 176 Å². The number of nitrogens with zero attached hydrogens (tertiary/aromatic N) is 1. The maximum atomic E-state index is 2.49. The molecule has 3 heteroatoms. The Balaban J connectivity index is 1.19. The number of benzene rings is 8. The Morgan fingerprint density at radius 1 is 0.314 bits per heavy atom. The molecular formula is C48H29NS2. The predicted molar refractivity (Wildman–Crippen MR) is 223 cm³/mol. The zero-order chi connectivity index (χ0) is 33.5. The topological polar surface area (TPSA) is 4.93 Å². The number of rotatable bonds is 4. The van der Waals surface area contributed by atoms with Crippen LogP contribution in [0.5, 0.6) is 0 Å². The summed E-state index contributed by atoms with van der Waals surface area (Å²) in [6, 6.07) is 64.8. The van der Waals surface area contributed by atoms with Gasteiger partial charge in [-0.2, -0.15) is 0 Å². The van der Waals surface area contributed by atoms with E-state index in [1.54, 1.807) is 0 Å². The highest BCUT2D eigenvalue weighted by Gasteiger charge is 2.20.